The molecule has 2 rings (SSSR count). The highest BCUT2D eigenvalue weighted by Gasteiger charge is 2.17. The third-order valence-electron chi connectivity index (χ3n) is 2.47. The SMILES string of the molecule is CN(C)Nc1nc(NN)nc(N2CCCC2)n1. The number of nitrogen functional groups attached to an aromatic ring is 1. The number of hydrogen-bond donors (Lipinski definition) is 3. The van der Waals surface area contributed by atoms with Gasteiger partial charge in [0.1, 0.15) is 0 Å². The number of nitrogens with two attached hydrogens (primary N) is 1. The average Bonchev–Trinajstić information content (AvgIpc) is 2.81. The second kappa shape index (κ2) is 5.11. The second-order valence-electron chi connectivity index (χ2n) is 4.13. The van der Waals surface area contributed by atoms with Crippen LogP contribution >= 0.6 is 0 Å². The molecule has 1 aromatic rings. The summed E-state index contributed by atoms with van der Waals surface area (Å²) in [6.07, 6.45) is 2.35. The van der Waals surface area contributed by atoms with Crippen LogP contribution in [0.3, 0.4) is 0 Å². The van der Waals surface area contributed by atoms with Gasteiger partial charge in [0.25, 0.3) is 0 Å². The highest BCUT2D eigenvalue weighted by Crippen LogP contribution is 2.18. The number of aromatic nitrogens is 3. The molecular formula is C9H18N8. The molecule has 1 aliphatic rings. The van der Waals surface area contributed by atoms with Crippen LogP contribution in [0, 0.1) is 0 Å². The van der Waals surface area contributed by atoms with E-state index in [4.69, 9.17) is 5.84 Å². The molecule has 0 spiro atoms. The summed E-state index contributed by atoms with van der Waals surface area (Å²) in [6.45, 7) is 1.96. The van der Waals surface area contributed by atoms with Crippen molar-refractivity contribution >= 4 is 17.8 Å². The molecule has 94 valence electrons. The van der Waals surface area contributed by atoms with E-state index in [1.54, 1.807) is 5.01 Å². The van der Waals surface area contributed by atoms with E-state index in [1.165, 1.54) is 12.8 Å². The maximum Gasteiger partial charge on any atom is 0.244 e. The van der Waals surface area contributed by atoms with E-state index in [0.29, 0.717) is 17.8 Å². The molecule has 0 aliphatic carbocycles. The Labute approximate surface area is 100 Å². The van der Waals surface area contributed by atoms with Crippen LogP contribution in [-0.4, -0.2) is 47.1 Å². The third kappa shape index (κ3) is 2.92. The van der Waals surface area contributed by atoms with Crippen LogP contribution in [0.5, 0.6) is 0 Å². The van der Waals surface area contributed by atoms with E-state index < -0.39 is 0 Å². The number of anilines is 3. The van der Waals surface area contributed by atoms with Gasteiger partial charge in [-0.15, -0.1) is 0 Å². The zero-order valence-corrected chi connectivity index (χ0v) is 10.1. The first kappa shape index (κ1) is 11.8. The number of nitrogens with one attached hydrogen (secondary N) is 2. The molecule has 1 aromatic heterocycles. The minimum Gasteiger partial charge on any atom is -0.341 e. The third-order valence-corrected chi connectivity index (χ3v) is 2.47. The van der Waals surface area contributed by atoms with Gasteiger partial charge < -0.3 is 4.90 Å². The minimum atomic E-state index is 0.367. The summed E-state index contributed by atoms with van der Waals surface area (Å²) in [4.78, 5) is 14.9. The van der Waals surface area contributed by atoms with Crippen molar-refractivity contribution in [1.82, 2.24) is 20.0 Å². The summed E-state index contributed by atoms with van der Waals surface area (Å²) in [5.41, 5.74) is 5.45. The van der Waals surface area contributed by atoms with Gasteiger partial charge in [-0.3, -0.25) is 10.9 Å². The van der Waals surface area contributed by atoms with Gasteiger partial charge in [-0.25, -0.2) is 10.9 Å². The lowest BCUT2D eigenvalue weighted by Gasteiger charge is -2.18. The van der Waals surface area contributed by atoms with Crippen molar-refractivity contribution in [3.8, 4) is 0 Å². The van der Waals surface area contributed by atoms with Crippen LogP contribution in [0.25, 0.3) is 0 Å². The topological polar surface area (TPSA) is 95.2 Å². The number of nitrogens with zero attached hydrogens (tertiary/aromatic N) is 5. The Morgan fingerprint density at radius 1 is 1.12 bits per heavy atom. The van der Waals surface area contributed by atoms with Crippen LogP contribution in [0.1, 0.15) is 12.8 Å². The van der Waals surface area contributed by atoms with E-state index >= 15 is 0 Å². The molecule has 1 fully saturated rings. The predicted molar refractivity (Wildman–Crippen MR) is 66.4 cm³/mol. The van der Waals surface area contributed by atoms with E-state index in [1.807, 2.05) is 14.1 Å². The van der Waals surface area contributed by atoms with E-state index in [9.17, 15) is 0 Å². The average molecular weight is 238 g/mol. The van der Waals surface area contributed by atoms with Crippen molar-refractivity contribution in [2.45, 2.75) is 12.8 Å². The van der Waals surface area contributed by atoms with E-state index in [-0.39, 0.29) is 0 Å². The molecule has 0 atom stereocenters. The lowest BCUT2D eigenvalue weighted by Crippen LogP contribution is -2.26. The Kier molecular flexibility index (Phi) is 3.55. The Morgan fingerprint density at radius 2 is 1.76 bits per heavy atom. The van der Waals surface area contributed by atoms with Crippen molar-refractivity contribution < 1.29 is 0 Å². The normalized spacial score (nSPS) is 15.4. The van der Waals surface area contributed by atoms with Gasteiger partial charge in [0.15, 0.2) is 0 Å². The molecule has 2 heterocycles. The highest BCUT2D eigenvalue weighted by atomic mass is 15.5. The smallest absolute Gasteiger partial charge is 0.244 e. The maximum atomic E-state index is 5.35. The molecule has 8 heteroatoms. The van der Waals surface area contributed by atoms with Crippen LogP contribution in [-0.2, 0) is 0 Å². The first-order valence-electron chi connectivity index (χ1n) is 5.60. The number of hydrogen-bond acceptors (Lipinski definition) is 8. The first-order valence-corrected chi connectivity index (χ1v) is 5.60. The minimum absolute atomic E-state index is 0.367. The zero-order valence-electron chi connectivity index (χ0n) is 10.1. The van der Waals surface area contributed by atoms with Gasteiger partial charge in [-0.05, 0) is 12.8 Å². The molecule has 1 aliphatic heterocycles. The summed E-state index contributed by atoms with van der Waals surface area (Å²) in [5, 5.41) is 1.77. The Hall–Kier alpha value is -1.67. The number of rotatable bonds is 4. The fourth-order valence-electron chi connectivity index (χ4n) is 1.74. The fourth-order valence-corrected chi connectivity index (χ4v) is 1.74. The molecular weight excluding hydrogens is 220 g/mol. The van der Waals surface area contributed by atoms with Crippen molar-refractivity contribution in [2.75, 3.05) is 42.9 Å². The van der Waals surface area contributed by atoms with Crippen molar-refractivity contribution in [2.24, 2.45) is 5.84 Å². The molecule has 17 heavy (non-hydrogen) atoms. The Morgan fingerprint density at radius 3 is 2.35 bits per heavy atom. The predicted octanol–water partition coefficient (Wildman–Crippen LogP) is -0.354. The molecule has 4 N–H and O–H groups in total. The molecule has 8 nitrogen and oxygen atoms in total. The van der Waals surface area contributed by atoms with Crippen LogP contribution in [0.15, 0.2) is 0 Å². The van der Waals surface area contributed by atoms with Gasteiger partial charge in [-0.1, -0.05) is 0 Å². The summed E-state index contributed by atoms with van der Waals surface area (Å²) in [5.74, 6) is 6.87. The van der Waals surface area contributed by atoms with E-state index in [2.05, 4.69) is 30.7 Å². The van der Waals surface area contributed by atoms with Gasteiger partial charge in [0.05, 0.1) is 0 Å². The molecule has 0 saturated carbocycles. The summed E-state index contributed by atoms with van der Waals surface area (Å²) in [7, 11) is 3.74. The van der Waals surface area contributed by atoms with Crippen LogP contribution in [0.2, 0.25) is 0 Å². The van der Waals surface area contributed by atoms with Crippen molar-refractivity contribution in [3.63, 3.8) is 0 Å². The summed E-state index contributed by atoms with van der Waals surface area (Å²) >= 11 is 0. The molecule has 0 bridgehead atoms. The molecule has 0 amide bonds. The highest BCUT2D eigenvalue weighted by molar-refractivity contribution is 5.43. The fraction of sp³-hybridized carbons (Fsp3) is 0.667. The summed E-state index contributed by atoms with van der Waals surface area (Å²) < 4.78 is 0. The second-order valence-corrected chi connectivity index (χ2v) is 4.13. The van der Waals surface area contributed by atoms with Gasteiger partial charge in [0.2, 0.25) is 17.8 Å². The van der Waals surface area contributed by atoms with Gasteiger partial charge >= 0.3 is 0 Å². The largest absolute Gasteiger partial charge is 0.341 e. The van der Waals surface area contributed by atoms with Gasteiger partial charge in [-0.2, -0.15) is 15.0 Å². The van der Waals surface area contributed by atoms with Crippen molar-refractivity contribution in [3.05, 3.63) is 0 Å². The quantitative estimate of drug-likeness (QED) is 0.484. The Balaban J connectivity index is 2.24. The van der Waals surface area contributed by atoms with Gasteiger partial charge in [0, 0.05) is 27.2 Å². The number of hydrazine groups is 2. The van der Waals surface area contributed by atoms with Crippen molar-refractivity contribution in [1.29, 1.82) is 0 Å². The van der Waals surface area contributed by atoms with E-state index in [0.717, 1.165) is 13.1 Å². The zero-order chi connectivity index (χ0) is 12.3. The van der Waals surface area contributed by atoms with Crippen LogP contribution in [0.4, 0.5) is 17.8 Å². The van der Waals surface area contributed by atoms with Crippen LogP contribution < -0.4 is 21.6 Å². The maximum absolute atomic E-state index is 5.35. The lowest BCUT2D eigenvalue weighted by atomic mass is 10.4. The monoisotopic (exact) mass is 238 g/mol. The Bertz CT molecular complexity index is 373. The summed E-state index contributed by atoms with van der Waals surface area (Å²) in [6, 6.07) is 0. The molecule has 1 saturated heterocycles. The molecule has 0 unspecified atom stereocenters. The first-order chi connectivity index (χ1) is 8.19. The molecule has 0 aromatic carbocycles. The molecule has 0 radical (unpaired) electrons. The lowest BCUT2D eigenvalue weighted by molar-refractivity contribution is 0.488. The standard InChI is InChI=1S/C9H18N8/c1-16(2)15-8-11-7(14-10)12-9(13-8)17-5-3-4-6-17/h3-6,10H2,1-2H3,(H2,11,12,13,14,15).